The van der Waals surface area contributed by atoms with Crippen LogP contribution in [0.1, 0.15) is 69.5 Å². The topological polar surface area (TPSA) is 59.2 Å². The maximum absolute atomic E-state index is 12.7. The van der Waals surface area contributed by atoms with Crippen LogP contribution in [0.15, 0.2) is 16.7 Å². The minimum absolute atomic E-state index is 0.167. The Morgan fingerprint density at radius 3 is 2.91 bits per heavy atom. The van der Waals surface area contributed by atoms with Gasteiger partial charge in [0, 0.05) is 30.8 Å². The van der Waals surface area contributed by atoms with Crippen molar-refractivity contribution in [1.82, 2.24) is 15.0 Å². The molecule has 2 heterocycles. The van der Waals surface area contributed by atoms with Gasteiger partial charge in [0.1, 0.15) is 0 Å². The number of allylic oxidation sites excluding steroid dienone is 2. The van der Waals surface area contributed by atoms with Gasteiger partial charge < -0.3 is 9.42 Å². The fraction of sp³-hybridized carbons (Fsp3) is 0.706. The van der Waals surface area contributed by atoms with E-state index in [1.165, 1.54) is 0 Å². The van der Waals surface area contributed by atoms with Crippen molar-refractivity contribution in [2.45, 2.75) is 57.8 Å². The van der Waals surface area contributed by atoms with E-state index in [9.17, 15) is 4.79 Å². The molecule has 5 nitrogen and oxygen atoms in total. The lowest BCUT2D eigenvalue weighted by Gasteiger charge is -2.34. The molecule has 22 heavy (non-hydrogen) atoms. The number of aromatic nitrogens is 2. The lowest BCUT2D eigenvalue weighted by Crippen LogP contribution is -2.42. The standard InChI is InChI=1S/C17H25N3O2/c1-12(2)16-18-15(19-22-16)14-9-6-10-20(11-14)17(21)13-7-4-3-5-8-13/h3-4,12-14H,5-11H2,1-2H3. The first-order valence-electron chi connectivity index (χ1n) is 8.42. The molecule has 1 aliphatic carbocycles. The molecule has 2 atom stereocenters. The third-order valence-corrected chi connectivity index (χ3v) is 4.67. The van der Waals surface area contributed by atoms with E-state index in [2.05, 4.69) is 22.3 Å². The number of hydrogen-bond acceptors (Lipinski definition) is 4. The fourth-order valence-corrected chi connectivity index (χ4v) is 3.31. The first-order valence-corrected chi connectivity index (χ1v) is 8.42. The predicted octanol–water partition coefficient (Wildman–Crippen LogP) is 3.26. The molecule has 3 rings (SSSR count). The second-order valence-corrected chi connectivity index (χ2v) is 6.75. The zero-order valence-corrected chi connectivity index (χ0v) is 13.5. The average molecular weight is 303 g/mol. The SMILES string of the molecule is CC(C)c1nc(C2CCCN(C(=O)C3CC=CCC3)C2)no1. The number of hydrogen-bond donors (Lipinski definition) is 0. The van der Waals surface area contributed by atoms with E-state index in [-0.39, 0.29) is 17.8 Å². The molecule has 0 spiro atoms. The molecular formula is C17H25N3O2. The van der Waals surface area contributed by atoms with E-state index >= 15 is 0 Å². The summed E-state index contributed by atoms with van der Waals surface area (Å²) in [7, 11) is 0. The van der Waals surface area contributed by atoms with Crippen LogP contribution < -0.4 is 0 Å². The van der Waals surface area contributed by atoms with E-state index < -0.39 is 0 Å². The molecule has 1 aliphatic heterocycles. The number of amides is 1. The Bertz CT molecular complexity index is 550. The summed E-state index contributed by atoms with van der Waals surface area (Å²) < 4.78 is 5.32. The minimum Gasteiger partial charge on any atom is -0.342 e. The van der Waals surface area contributed by atoms with E-state index in [1.54, 1.807) is 0 Å². The summed E-state index contributed by atoms with van der Waals surface area (Å²) >= 11 is 0. The Labute approximate surface area is 131 Å². The largest absolute Gasteiger partial charge is 0.342 e. The summed E-state index contributed by atoms with van der Waals surface area (Å²) in [5, 5.41) is 4.13. The number of piperidine rings is 1. The van der Waals surface area contributed by atoms with Crippen LogP contribution in [-0.4, -0.2) is 34.0 Å². The van der Waals surface area contributed by atoms with Crippen molar-refractivity contribution in [3.05, 3.63) is 23.9 Å². The Morgan fingerprint density at radius 2 is 2.23 bits per heavy atom. The number of carbonyl (C=O) groups is 1. The first-order chi connectivity index (χ1) is 10.6. The molecule has 0 N–H and O–H groups in total. The first kappa shape index (κ1) is 15.3. The summed E-state index contributed by atoms with van der Waals surface area (Å²) in [6, 6.07) is 0. The van der Waals surface area contributed by atoms with E-state index in [0.717, 1.165) is 51.0 Å². The summed E-state index contributed by atoms with van der Waals surface area (Å²) in [6.45, 7) is 5.69. The Morgan fingerprint density at radius 1 is 1.36 bits per heavy atom. The molecule has 5 heteroatoms. The van der Waals surface area contributed by atoms with Gasteiger partial charge in [0.15, 0.2) is 5.82 Å². The van der Waals surface area contributed by atoms with Gasteiger partial charge in [0.05, 0.1) is 0 Å². The molecule has 0 radical (unpaired) electrons. The number of carbonyl (C=O) groups excluding carboxylic acids is 1. The third kappa shape index (κ3) is 3.23. The highest BCUT2D eigenvalue weighted by Crippen LogP contribution is 2.29. The zero-order chi connectivity index (χ0) is 15.5. The lowest BCUT2D eigenvalue weighted by atomic mass is 9.90. The highest BCUT2D eigenvalue weighted by atomic mass is 16.5. The minimum atomic E-state index is 0.167. The Balaban J connectivity index is 1.65. The van der Waals surface area contributed by atoms with E-state index in [4.69, 9.17) is 4.52 Å². The summed E-state index contributed by atoms with van der Waals surface area (Å²) in [4.78, 5) is 19.2. The molecule has 1 aromatic heterocycles. The quantitative estimate of drug-likeness (QED) is 0.804. The summed E-state index contributed by atoms with van der Waals surface area (Å²) in [5.41, 5.74) is 0. The maximum atomic E-state index is 12.7. The number of nitrogens with zero attached hydrogens (tertiary/aromatic N) is 3. The summed E-state index contributed by atoms with van der Waals surface area (Å²) in [5.74, 6) is 2.40. The second kappa shape index (κ2) is 6.63. The van der Waals surface area contributed by atoms with Gasteiger partial charge in [-0.05, 0) is 32.1 Å². The Kier molecular flexibility index (Phi) is 4.60. The van der Waals surface area contributed by atoms with Gasteiger partial charge in [-0.3, -0.25) is 4.79 Å². The molecule has 0 saturated carbocycles. The average Bonchev–Trinajstić information content (AvgIpc) is 3.05. The van der Waals surface area contributed by atoms with Gasteiger partial charge in [-0.25, -0.2) is 0 Å². The molecule has 1 aromatic rings. The van der Waals surface area contributed by atoms with Gasteiger partial charge in [-0.2, -0.15) is 4.98 Å². The molecule has 2 aliphatic rings. The summed E-state index contributed by atoms with van der Waals surface area (Å²) in [6.07, 6.45) is 9.26. The molecule has 1 saturated heterocycles. The maximum Gasteiger partial charge on any atom is 0.229 e. The van der Waals surface area contributed by atoms with Gasteiger partial charge in [0.25, 0.3) is 0 Å². The predicted molar refractivity (Wildman–Crippen MR) is 83.4 cm³/mol. The van der Waals surface area contributed by atoms with Crippen molar-refractivity contribution < 1.29 is 9.32 Å². The number of rotatable bonds is 3. The highest BCUT2D eigenvalue weighted by molar-refractivity contribution is 5.79. The van der Waals surface area contributed by atoms with E-state index in [0.29, 0.717) is 11.8 Å². The molecule has 0 aromatic carbocycles. The van der Waals surface area contributed by atoms with Gasteiger partial charge >= 0.3 is 0 Å². The number of likely N-dealkylation sites (tertiary alicyclic amines) is 1. The van der Waals surface area contributed by atoms with Crippen molar-refractivity contribution in [3.63, 3.8) is 0 Å². The lowest BCUT2D eigenvalue weighted by molar-refractivity contribution is -0.137. The van der Waals surface area contributed by atoms with Crippen LogP contribution in [0.5, 0.6) is 0 Å². The molecular weight excluding hydrogens is 278 g/mol. The molecule has 0 bridgehead atoms. The van der Waals surface area contributed by atoms with Crippen LogP contribution >= 0.6 is 0 Å². The fourth-order valence-electron chi connectivity index (χ4n) is 3.31. The van der Waals surface area contributed by atoms with Crippen molar-refractivity contribution in [1.29, 1.82) is 0 Å². The Hall–Kier alpha value is -1.65. The van der Waals surface area contributed by atoms with Crippen LogP contribution in [0, 0.1) is 5.92 Å². The molecule has 2 unspecified atom stereocenters. The molecule has 1 amide bonds. The van der Waals surface area contributed by atoms with Crippen molar-refractivity contribution in [3.8, 4) is 0 Å². The smallest absolute Gasteiger partial charge is 0.229 e. The van der Waals surface area contributed by atoms with Crippen LogP contribution in [0.3, 0.4) is 0 Å². The van der Waals surface area contributed by atoms with Gasteiger partial charge in [-0.1, -0.05) is 31.2 Å². The van der Waals surface area contributed by atoms with Crippen LogP contribution in [0.4, 0.5) is 0 Å². The van der Waals surface area contributed by atoms with Crippen molar-refractivity contribution in [2.24, 2.45) is 5.92 Å². The molecule has 120 valence electrons. The van der Waals surface area contributed by atoms with Gasteiger partial charge in [0.2, 0.25) is 11.8 Å². The van der Waals surface area contributed by atoms with E-state index in [1.807, 2.05) is 18.7 Å². The van der Waals surface area contributed by atoms with Gasteiger partial charge in [-0.15, -0.1) is 0 Å². The normalized spacial score (nSPS) is 25.7. The third-order valence-electron chi connectivity index (χ3n) is 4.67. The van der Waals surface area contributed by atoms with Crippen LogP contribution in [0.25, 0.3) is 0 Å². The van der Waals surface area contributed by atoms with Crippen LogP contribution in [0.2, 0.25) is 0 Å². The monoisotopic (exact) mass is 303 g/mol. The second-order valence-electron chi connectivity index (χ2n) is 6.75. The highest BCUT2D eigenvalue weighted by Gasteiger charge is 2.31. The van der Waals surface area contributed by atoms with Crippen molar-refractivity contribution in [2.75, 3.05) is 13.1 Å². The molecule has 1 fully saturated rings. The zero-order valence-electron chi connectivity index (χ0n) is 13.5. The van der Waals surface area contributed by atoms with Crippen molar-refractivity contribution >= 4 is 5.91 Å². The van der Waals surface area contributed by atoms with Crippen LogP contribution in [-0.2, 0) is 4.79 Å².